The number of carbonyl (C=O) groups excluding carboxylic acids is 1. The van der Waals surface area contributed by atoms with Crippen molar-refractivity contribution in [3.63, 3.8) is 0 Å². The molecule has 0 saturated heterocycles. The Bertz CT molecular complexity index is 909. The van der Waals surface area contributed by atoms with Crippen LogP contribution in [0.25, 0.3) is 0 Å². The van der Waals surface area contributed by atoms with Crippen molar-refractivity contribution >= 4 is 21.8 Å². The number of amides is 2. The van der Waals surface area contributed by atoms with Crippen molar-refractivity contribution in [3.8, 4) is 5.75 Å². The fourth-order valence-corrected chi connectivity index (χ4v) is 3.19. The van der Waals surface area contributed by atoms with E-state index in [1.165, 1.54) is 0 Å². The van der Waals surface area contributed by atoms with Crippen LogP contribution in [-0.4, -0.2) is 32.1 Å². The Morgan fingerprint density at radius 2 is 1.79 bits per heavy atom. The lowest BCUT2D eigenvalue weighted by molar-refractivity contribution is 0.208. The van der Waals surface area contributed by atoms with Crippen LogP contribution in [0.5, 0.6) is 5.75 Å². The van der Waals surface area contributed by atoms with E-state index in [0.29, 0.717) is 13.1 Å². The van der Waals surface area contributed by atoms with E-state index in [2.05, 4.69) is 12.2 Å². The molecule has 0 aliphatic heterocycles. The Morgan fingerprint density at radius 1 is 1.11 bits per heavy atom. The summed E-state index contributed by atoms with van der Waals surface area (Å²) in [4.78, 5) is 14.6. The highest BCUT2D eigenvalue weighted by Crippen LogP contribution is 2.20. The standard InChI is InChI=1S/C21H28N2O4S/c1-5-6-14-23(21(24)22-20-9-7-8-16(2)17(20)3)15-18-10-12-19(13-11-18)27-28(4,25)26/h7-13H,5-6,14-15H2,1-4H3,(H,22,24). The number of rotatable bonds is 8. The molecular weight excluding hydrogens is 376 g/mol. The van der Waals surface area contributed by atoms with E-state index in [0.717, 1.165) is 41.5 Å². The summed E-state index contributed by atoms with van der Waals surface area (Å²) < 4.78 is 27.3. The maximum absolute atomic E-state index is 12.9. The van der Waals surface area contributed by atoms with Gasteiger partial charge in [0.1, 0.15) is 5.75 Å². The zero-order valence-corrected chi connectivity index (χ0v) is 17.7. The minimum atomic E-state index is -3.56. The van der Waals surface area contributed by atoms with E-state index in [1.54, 1.807) is 29.2 Å². The molecule has 0 aromatic heterocycles. The smallest absolute Gasteiger partial charge is 0.322 e. The van der Waals surface area contributed by atoms with Crippen molar-refractivity contribution in [1.82, 2.24) is 4.90 Å². The Labute approximate surface area is 167 Å². The maximum Gasteiger partial charge on any atom is 0.322 e. The summed E-state index contributed by atoms with van der Waals surface area (Å²) in [6.45, 7) is 7.14. The van der Waals surface area contributed by atoms with Crippen LogP contribution in [0, 0.1) is 13.8 Å². The molecule has 0 atom stereocenters. The van der Waals surface area contributed by atoms with Crippen molar-refractivity contribution in [1.29, 1.82) is 0 Å². The second-order valence-corrected chi connectivity index (χ2v) is 8.46. The van der Waals surface area contributed by atoms with Crippen LogP contribution in [0.4, 0.5) is 10.5 Å². The SMILES string of the molecule is CCCCN(Cc1ccc(OS(C)(=O)=O)cc1)C(=O)Nc1cccc(C)c1C. The van der Waals surface area contributed by atoms with Gasteiger partial charge in [0.25, 0.3) is 0 Å². The van der Waals surface area contributed by atoms with Gasteiger partial charge in [-0.15, -0.1) is 0 Å². The second kappa shape index (κ2) is 9.59. The van der Waals surface area contributed by atoms with Gasteiger partial charge < -0.3 is 14.4 Å². The molecule has 152 valence electrons. The average molecular weight is 405 g/mol. The van der Waals surface area contributed by atoms with Crippen LogP contribution >= 0.6 is 0 Å². The Balaban J connectivity index is 2.12. The third kappa shape index (κ3) is 6.56. The van der Waals surface area contributed by atoms with E-state index in [4.69, 9.17) is 4.18 Å². The number of benzene rings is 2. The first kappa shape index (κ1) is 21.8. The van der Waals surface area contributed by atoms with Gasteiger partial charge in [-0.05, 0) is 55.2 Å². The number of hydrogen-bond acceptors (Lipinski definition) is 4. The van der Waals surface area contributed by atoms with Gasteiger partial charge >= 0.3 is 16.1 Å². The molecule has 2 rings (SSSR count). The van der Waals surface area contributed by atoms with Gasteiger partial charge in [-0.3, -0.25) is 0 Å². The number of carbonyl (C=O) groups is 1. The van der Waals surface area contributed by atoms with Crippen LogP contribution in [0.15, 0.2) is 42.5 Å². The van der Waals surface area contributed by atoms with Crippen molar-refractivity contribution in [2.45, 2.75) is 40.2 Å². The van der Waals surface area contributed by atoms with Gasteiger partial charge in [0.2, 0.25) is 0 Å². The number of urea groups is 1. The molecule has 0 spiro atoms. The number of anilines is 1. The quantitative estimate of drug-likeness (QED) is 0.659. The monoisotopic (exact) mass is 404 g/mol. The first-order valence-corrected chi connectivity index (χ1v) is 11.1. The lowest BCUT2D eigenvalue weighted by Crippen LogP contribution is -2.35. The molecule has 6 nitrogen and oxygen atoms in total. The highest BCUT2D eigenvalue weighted by atomic mass is 32.2. The minimum Gasteiger partial charge on any atom is -0.383 e. The molecular formula is C21H28N2O4S. The highest BCUT2D eigenvalue weighted by Gasteiger charge is 2.15. The molecule has 0 unspecified atom stereocenters. The van der Waals surface area contributed by atoms with Crippen molar-refractivity contribution in [2.24, 2.45) is 0 Å². The third-order valence-electron chi connectivity index (χ3n) is 4.46. The molecule has 0 bridgehead atoms. The molecule has 28 heavy (non-hydrogen) atoms. The lowest BCUT2D eigenvalue weighted by Gasteiger charge is -2.24. The fraction of sp³-hybridized carbons (Fsp3) is 0.381. The third-order valence-corrected chi connectivity index (χ3v) is 4.95. The number of hydrogen-bond donors (Lipinski definition) is 1. The molecule has 0 aliphatic carbocycles. The molecule has 1 N–H and O–H groups in total. The fourth-order valence-electron chi connectivity index (χ4n) is 2.73. The molecule has 0 aliphatic rings. The normalized spacial score (nSPS) is 11.1. The number of nitrogens with one attached hydrogen (secondary N) is 1. The molecule has 2 amide bonds. The van der Waals surface area contributed by atoms with E-state index in [1.807, 2.05) is 32.0 Å². The van der Waals surface area contributed by atoms with Crippen LogP contribution in [-0.2, 0) is 16.7 Å². The van der Waals surface area contributed by atoms with Gasteiger partial charge in [-0.25, -0.2) is 4.79 Å². The second-order valence-electron chi connectivity index (χ2n) is 6.88. The first-order valence-electron chi connectivity index (χ1n) is 9.30. The van der Waals surface area contributed by atoms with E-state index in [9.17, 15) is 13.2 Å². The topological polar surface area (TPSA) is 75.7 Å². The molecule has 2 aromatic rings. The van der Waals surface area contributed by atoms with Crippen molar-refractivity contribution in [3.05, 3.63) is 59.2 Å². The Hall–Kier alpha value is -2.54. The predicted molar refractivity (Wildman–Crippen MR) is 112 cm³/mol. The van der Waals surface area contributed by atoms with Crippen LogP contribution in [0.2, 0.25) is 0 Å². The summed E-state index contributed by atoms with van der Waals surface area (Å²) in [6, 6.07) is 12.4. The molecule has 0 radical (unpaired) electrons. The van der Waals surface area contributed by atoms with Crippen molar-refractivity contribution in [2.75, 3.05) is 18.1 Å². The largest absolute Gasteiger partial charge is 0.383 e. The minimum absolute atomic E-state index is 0.154. The molecule has 7 heteroatoms. The van der Waals surface area contributed by atoms with Gasteiger partial charge in [0.05, 0.1) is 6.26 Å². The van der Waals surface area contributed by atoms with Gasteiger partial charge in [-0.2, -0.15) is 8.42 Å². The van der Waals surface area contributed by atoms with Crippen molar-refractivity contribution < 1.29 is 17.4 Å². The predicted octanol–water partition coefficient (Wildman–Crippen LogP) is 4.48. The number of unbranched alkanes of at least 4 members (excludes halogenated alkanes) is 1. The van der Waals surface area contributed by atoms with Crippen LogP contribution in [0.1, 0.15) is 36.5 Å². The lowest BCUT2D eigenvalue weighted by atomic mass is 10.1. The summed E-state index contributed by atoms with van der Waals surface area (Å²) in [7, 11) is -3.56. The van der Waals surface area contributed by atoms with E-state index >= 15 is 0 Å². The molecule has 2 aromatic carbocycles. The van der Waals surface area contributed by atoms with E-state index < -0.39 is 10.1 Å². The molecule has 0 fully saturated rings. The van der Waals surface area contributed by atoms with Crippen LogP contribution in [0.3, 0.4) is 0 Å². The van der Waals surface area contributed by atoms with E-state index in [-0.39, 0.29) is 11.8 Å². The van der Waals surface area contributed by atoms with Gasteiger partial charge in [-0.1, -0.05) is 37.6 Å². The molecule has 0 heterocycles. The summed E-state index contributed by atoms with van der Waals surface area (Å²) >= 11 is 0. The first-order chi connectivity index (χ1) is 13.2. The summed E-state index contributed by atoms with van der Waals surface area (Å²) in [5.41, 5.74) is 3.88. The van der Waals surface area contributed by atoms with Gasteiger partial charge in [0, 0.05) is 18.8 Å². The van der Waals surface area contributed by atoms with Crippen LogP contribution < -0.4 is 9.50 Å². The number of aryl methyl sites for hydroxylation is 1. The highest BCUT2D eigenvalue weighted by molar-refractivity contribution is 7.86. The summed E-state index contributed by atoms with van der Waals surface area (Å²) in [6.07, 6.45) is 2.88. The molecule has 0 saturated carbocycles. The van der Waals surface area contributed by atoms with Gasteiger partial charge in [0.15, 0.2) is 0 Å². The average Bonchev–Trinajstić information content (AvgIpc) is 2.62. The number of nitrogens with zero attached hydrogens (tertiary/aromatic N) is 1. The Morgan fingerprint density at radius 3 is 2.39 bits per heavy atom. The zero-order valence-electron chi connectivity index (χ0n) is 16.9. The summed E-state index contributed by atoms with van der Waals surface area (Å²) in [5, 5.41) is 3.01. The maximum atomic E-state index is 12.9. The Kier molecular flexibility index (Phi) is 7.45. The summed E-state index contributed by atoms with van der Waals surface area (Å²) in [5.74, 6) is 0.256. The zero-order chi connectivity index (χ0) is 20.7.